The Labute approximate surface area is 177 Å². The van der Waals surface area contributed by atoms with Crippen LogP contribution in [0.25, 0.3) is 10.8 Å². The van der Waals surface area contributed by atoms with Gasteiger partial charge in [-0.15, -0.1) is 0 Å². The van der Waals surface area contributed by atoms with Crippen LogP contribution in [0.2, 0.25) is 0 Å². The van der Waals surface area contributed by atoms with E-state index in [0.29, 0.717) is 12.8 Å². The lowest BCUT2D eigenvalue weighted by Crippen LogP contribution is -2.51. The lowest BCUT2D eigenvalue weighted by atomic mass is 10.1. The zero-order valence-electron chi connectivity index (χ0n) is 16.7. The van der Waals surface area contributed by atoms with Crippen LogP contribution in [-0.4, -0.2) is 32.2 Å². The second-order valence-electron chi connectivity index (χ2n) is 7.63. The third kappa shape index (κ3) is 3.79. The Morgan fingerprint density at radius 2 is 1.57 bits per heavy atom. The van der Waals surface area contributed by atoms with Gasteiger partial charge in [0, 0.05) is 0 Å². The van der Waals surface area contributed by atoms with Crippen molar-refractivity contribution in [1.29, 1.82) is 0 Å². The van der Waals surface area contributed by atoms with Crippen molar-refractivity contribution >= 4 is 26.5 Å². The topological polar surface area (TPSA) is 72.5 Å². The highest BCUT2D eigenvalue weighted by Crippen LogP contribution is 2.40. The fourth-order valence-corrected chi connectivity index (χ4v) is 6.25. The van der Waals surface area contributed by atoms with Crippen molar-refractivity contribution < 1.29 is 17.9 Å². The van der Waals surface area contributed by atoms with Crippen LogP contribution in [0.15, 0.2) is 77.7 Å². The predicted octanol–water partition coefficient (Wildman–Crippen LogP) is 4.12. The summed E-state index contributed by atoms with van der Waals surface area (Å²) in [6, 6.07) is 22.1. The van der Waals surface area contributed by atoms with E-state index in [2.05, 4.69) is 5.32 Å². The number of carbonyl (C=O) groups is 1. The Bertz CT molecular complexity index is 1140. The Kier molecular flexibility index (Phi) is 5.77. The van der Waals surface area contributed by atoms with Gasteiger partial charge in [0.05, 0.1) is 11.4 Å². The van der Waals surface area contributed by atoms with Gasteiger partial charge in [-0.05, 0) is 47.9 Å². The maximum Gasteiger partial charge on any atom is 0.241 e. The van der Waals surface area contributed by atoms with Gasteiger partial charge in [-0.2, -0.15) is 0 Å². The van der Waals surface area contributed by atoms with E-state index in [1.165, 1.54) is 0 Å². The number of hydrogen-bond donors (Lipinski definition) is 1. The summed E-state index contributed by atoms with van der Waals surface area (Å²) in [5.41, 5.74) is 0. The maximum atomic E-state index is 13.3. The van der Waals surface area contributed by atoms with E-state index in [9.17, 15) is 13.2 Å². The van der Waals surface area contributed by atoms with Crippen LogP contribution < -0.4 is 10.1 Å². The van der Waals surface area contributed by atoms with Gasteiger partial charge in [-0.25, -0.2) is 8.42 Å². The smallest absolute Gasteiger partial charge is 0.241 e. The molecule has 1 fully saturated rings. The van der Waals surface area contributed by atoms with E-state index < -0.39 is 20.5 Å². The van der Waals surface area contributed by atoms with Gasteiger partial charge in [-0.1, -0.05) is 61.4 Å². The molecule has 30 heavy (non-hydrogen) atoms. The molecular weight excluding hydrogens is 398 g/mol. The Morgan fingerprint density at radius 3 is 2.30 bits per heavy atom. The van der Waals surface area contributed by atoms with Crippen molar-refractivity contribution in [2.45, 2.75) is 35.3 Å². The molecular formula is C24H25NO4S. The maximum absolute atomic E-state index is 13.3. The molecule has 1 saturated carbocycles. The fourth-order valence-electron chi connectivity index (χ4n) is 4.14. The summed E-state index contributed by atoms with van der Waals surface area (Å²) in [5.74, 6) is 0.293. The average molecular weight is 424 g/mol. The van der Waals surface area contributed by atoms with E-state index >= 15 is 0 Å². The van der Waals surface area contributed by atoms with Crippen LogP contribution in [0.4, 0.5) is 0 Å². The van der Waals surface area contributed by atoms with Crippen molar-refractivity contribution in [2.75, 3.05) is 13.2 Å². The van der Waals surface area contributed by atoms with Crippen LogP contribution in [0, 0.1) is 0 Å². The first-order valence-corrected chi connectivity index (χ1v) is 11.7. The molecule has 6 heteroatoms. The number of benzene rings is 3. The highest BCUT2D eigenvalue weighted by atomic mass is 32.2. The Hall–Kier alpha value is -2.86. The molecule has 5 nitrogen and oxygen atoms in total. The van der Waals surface area contributed by atoms with Crippen molar-refractivity contribution in [1.82, 2.24) is 5.32 Å². The molecule has 0 unspecified atom stereocenters. The number of amides is 1. The van der Waals surface area contributed by atoms with Gasteiger partial charge in [-0.3, -0.25) is 4.79 Å². The molecule has 0 saturated heterocycles. The van der Waals surface area contributed by atoms with Crippen LogP contribution in [0.1, 0.15) is 25.7 Å². The molecule has 0 atom stereocenters. The summed E-state index contributed by atoms with van der Waals surface area (Å²) >= 11 is 0. The van der Waals surface area contributed by atoms with Crippen molar-refractivity contribution in [2.24, 2.45) is 0 Å². The third-order valence-corrected chi connectivity index (χ3v) is 8.29. The summed E-state index contributed by atoms with van der Waals surface area (Å²) in [6.45, 7) is 0.517. The number of hydrogen-bond acceptors (Lipinski definition) is 4. The first-order valence-electron chi connectivity index (χ1n) is 10.2. The molecule has 1 aliphatic rings. The van der Waals surface area contributed by atoms with Crippen molar-refractivity contribution in [3.63, 3.8) is 0 Å². The summed E-state index contributed by atoms with van der Waals surface area (Å²) < 4.78 is 30.9. The van der Waals surface area contributed by atoms with Crippen LogP contribution in [-0.2, 0) is 14.6 Å². The standard InChI is InChI=1S/C24H25NO4S/c26-23(24(14-6-7-15-24)30(27,28)22-10-2-1-3-11-22)25-16-17-29-21-13-12-19-8-4-5-9-20(19)18-21/h1-5,8-13,18H,6-7,14-17H2,(H,25,26). The molecule has 0 spiro atoms. The molecule has 4 rings (SSSR count). The summed E-state index contributed by atoms with van der Waals surface area (Å²) in [5, 5.41) is 5.02. The Balaban J connectivity index is 1.41. The number of nitrogens with one attached hydrogen (secondary N) is 1. The number of sulfone groups is 1. The van der Waals surface area contributed by atoms with Gasteiger partial charge in [0.2, 0.25) is 5.91 Å². The minimum atomic E-state index is -3.77. The highest BCUT2D eigenvalue weighted by molar-refractivity contribution is 7.93. The second-order valence-corrected chi connectivity index (χ2v) is 9.89. The normalized spacial score (nSPS) is 15.7. The average Bonchev–Trinajstić information content (AvgIpc) is 3.29. The number of fused-ring (bicyclic) bond motifs is 1. The van der Waals surface area contributed by atoms with Gasteiger partial charge >= 0.3 is 0 Å². The first-order chi connectivity index (χ1) is 14.5. The highest BCUT2D eigenvalue weighted by Gasteiger charge is 2.52. The molecule has 0 bridgehead atoms. The van der Waals surface area contributed by atoms with Crippen LogP contribution in [0.5, 0.6) is 5.75 Å². The molecule has 0 aliphatic heterocycles. The molecule has 1 aliphatic carbocycles. The largest absolute Gasteiger partial charge is 0.492 e. The minimum Gasteiger partial charge on any atom is -0.492 e. The third-order valence-electron chi connectivity index (χ3n) is 5.77. The van der Waals surface area contributed by atoms with Gasteiger partial charge < -0.3 is 10.1 Å². The predicted molar refractivity (Wildman–Crippen MR) is 117 cm³/mol. The molecule has 3 aromatic carbocycles. The monoisotopic (exact) mass is 423 g/mol. The quantitative estimate of drug-likeness (QED) is 0.580. The Morgan fingerprint density at radius 1 is 0.900 bits per heavy atom. The molecule has 3 aromatic rings. The lowest BCUT2D eigenvalue weighted by molar-refractivity contribution is -0.123. The lowest BCUT2D eigenvalue weighted by Gasteiger charge is -2.27. The van der Waals surface area contributed by atoms with E-state index in [4.69, 9.17) is 4.74 Å². The van der Waals surface area contributed by atoms with Gasteiger partial charge in [0.25, 0.3) is 0 Å². The first kappa shape index (κ1) is 20.4. The number of rotatable bonds is 7. The van der Waals surface area contributed by atoms with E-state index in [1.54, 1.807) is 30.3 Å². The minimum absolute atomic E-state index is 0.203. The zero-order chi connectivity index (χ0) is 21.0. The van der Waals surface area contributed by atoms with Crippen LogP contribution >= 0.6 is 0 Å². The fraction of sp³-hybridized carbons (Fsp3) is 0.292. The molecule has 0 radical (unpaired) electrons. The van der Waals surface area contributed by atoms with E-state index in [1.807, 2.05) is 42.5 Å². The van der Waals surface area contributed by atoms with Crippen molar-refractivity contribution in [3.8, 4) is 5.75 Å². The molecule has 0 heterocycles. The SMILES string of the molecule is O=C(NCCOc1ccc2ccccc2c1)C1(S(=O)(=O)c2ccccc2)CCCC1. The zero-order valence-corrected chi connectivity index (χ0v) is 17.5. The van der Waals surface area contributed by atoms with E-state index in [-0.39, 0.29) is 18.0 Å². The molecule has 0 aromatic heterocycles. The summed E-state index contributed by atoms with van der Waals surface area (Å²) in [6.07, 6.45) is 2.16. The van der Waals surface area contributed by atoms with Crippen molar-refractivity contribution in [3.05, 3.63) is 72.8 Å². The summed E-state index contributed by atoms with van der Waals surface area (Å²) in [4.78, 5) is 13.2. The molecule has 1 N–H and O–H groups in total. The molecule has 1 amide bonds. The van der Waals surface area contributed by atoms with Gasteiger partial charge in [0.15, 0.2) is 14.6 Å². The summed E-state index contributed by atoms with van der Waals surface area (Å²) in [7, 11) is -3.77. The van der Waals surface area contributed by atoms with Crippen LogP contribution in [0.3, 0.4) is 0 Å². The van der Waals surface area contributed by atoms with E-state index in [0.717, 1.165) is 29.4 Å². The molecule has 156 valence electrons. The van der Waals surface area contributed by atoms with Gasteiger partial charge in [0.1, 0.15) is 12.4 Å². The number of carbonyl (C=O) groups excluding carboxylic acids is 1. The number of ether oxygens (including phenoxy) is 1. The second kappa shape index (κ2) is 8.48.